The van der Waals surface area contributed by atoms with E-state index in [0.29, 0.717) is 12.0 Å². The standard InChI is InChI=1S/C19H29NO/c1-15-6-5-7-16(12-15)17(14-20)13-18-8-11-19(21-18)9-3-2-4-10-19/h5-7,12,17-18H,2-4,8-11,13-14,20H2,1H3. The van der Waals surface area contributed by atoms with E-state index in [4.69, 9.17) is 10.5 Å². The van der Waals surface area contributed by atoms with Crippen molar-refractivity contribution >= 4 is 0 Å². The number of hydrogen-bond acceptors (Lipinski definition) is 2. The van der Waals surface area contributed by atoms with E-state index < -0.39 is 0 Å². The summed E-state index contributed by atoms with van der Waals surface area (Å²) in [4.78, 5) is 0. The molecule has 2 heteroatoms. The minimum absolute atomic E-state index is 0.231. The van der Waals surface area contributed by atoms with Crippen LogP contribution in [0.4, 0.5) is 0 Å². The molecular weight excluding hydrogens is 258 g/mol. The van der Waals surface area contributed by atoms with Crippen LogP contribution in [-0.4, -0.2) is 18.2 Å². The van der Waals surface area contributed by atoms with Gasteiger partial charge in [-0.15, -0.1) is 0 Å². The van der Waals surface area contributed by atoms with E-state index in [9.17, 15) is 0 Å². The number of benzene rings is 1. The van der Waals surface area contributed by atoms with E-state index in [-0.39, 0.29) is 5.60 Å². The smallest absolute Gasteiger partial charge is 0.0687 e. The molecule has 2 N–H and O–H groups in total. The Morgan fingerprint density at radius 2 is 2.05 bits per heavy atom. The molecule has 21 heavy (non-hydrogen) atoms. The molecule has 1 aromatic carbocycles. The summed E-state index contributed by atoms with van der Waals surface area (Å²) in [5.74, 6) is 0.439. The zero-order valence-electron chi connectivity index (χ0n) is 13.3. The van der Waals surface area contributed by atoms with Crippen LogP contribution in [0, 0.1) is 6.92 Å². The SMILES string of the molecule is Cc1cccc(C(CN)CC2CCC3(CCCCC3)O2)c1. The van der Waals surface area contributed by atoms with Crippen LogP contribution in [0.5, 0.6) is 0 Å². The lowest BCUT2D eigenvalue weighted by atomic mass is 9.83. The summed E-state index contributed by atoms with van der Waals surface area (Å²) in [7, 11) is 0. The van der Waals surface area contributed by atoms with Crippen LogP contribution in [0.3, 0.4) is 0 Å². The van der Waals surface area contributed by atoms with Gasteiger partial charge in [-0.25, -0.2) is 0 Å². The van der Waals surface area contributed by atoms with Crippen molar-refractivity contribution < 1.29 is 4.74 Å². The highest BCUT2D eigenvalue weighted by molar-refractivity contribution is 5.26. The topological polar surface area (TPSA) is 35.2 Å². The van der Waals surface area contributed by atoms with Crippen LogP contribution in [-0.2, 0) is 4.74 Å². The molecular formula is C19H29NO. The molecule has 1 spiro atoms. The molecule has 2 atom stereocenters. The van der Waals surface area contributed by atoms with Gasteiger partial charge in [-0.05, 0) is 57.1 Å². The largest absolute Gasteiger partial charge is 0.372 e. The maximum absolute atomic E-state index is 6.52. The Labute approximate surface area is 129 Å². The van der Waals surface area contributed by atoms with Crippen LogP contribution >= 0.6 is 0 Å². The Morgan fingerprint density at radius 3 is 2.76 bits per heavy atom. The maximum atomic E-state index is 6.52. The summed E-state index contributed by atoms with van der Waals surface area (Å²) in [6, 6.07) is 8.80. The number of nitrogens with two attached hydrogens (primary N) is 1. The third kappa shape index (κ3) is 3.49. The van der Waals surface area contributed by atoms with Gasteiger partial charge in [0.15, 0.2) is 0 Å². The van der Waals surface area contributed by atoms with Crippen molar-refractivity contribution in [2.24, 2.45) is 5.73 Å². The van der Waals surface area contributed by atoms with Crippen LogP contribution in [0.2, 0.25) is 0 Å². The summed E-state index contributed by atoms with van der Waals surface area (Å²) < 4.78 is 6.52. The maximum Gasteiger partial charge on any atom is 0.0687 e. The number of aryl methyl sites for hydroxylation is 1. The van der Waals surface area contributed by atoms with Crippen LogP contribution < -0.4 is 5.73 Å². The second kappa shape index (κ2) is 6.50. The van der Waals surface area contributed by atoms with Crippen molar-refractivity contribution in [3.05, 3.63) is 35.4 Å². The second-order valence-corrected chi connectivity index (χ2v) is 7.10. The van der Waals surface area contributed by atoms with E-state index in [1.165, 1.54) is 56.1 Å². The molecule has 1 saturated carbocycles. The fourth-order valence-corrected chi connectivity index (χ4v) is 4.24. The Bertz CT molecular complexity index is 464. The normalized spacial score (nSPS) is 26.1. The molecule has 2 nitrogen and oxygen atoms in total. The first-order valence-corrected chi connectivity index (χ1v) is 8.65. The van der Waals surface area contributed by atoms with Gasteiger partial charge in [0, 0.05) is 0 Å². The molecule has 0 radical (unpaired) electrons. The molecule has 0 aromatic heterocycles. The molecule has 116 valence electrons. The molecule has 2 aliphatic rings. The van der Waals surface area contributed by atoms with E-state index in [0.717, 1.165) is 13.0 Å². The van der Waals surface area contributed by atoms with Crippen molar-refractivity contribution in [1.29, 1.82) is 0 Å². The van der Waals surface area contributed by atoms with Crippen LogP contribution in [0.25, 0.3) is 0 Å². The molecule has 1 saturated heterocycles. The third-order valence-electron chi connectivity index (χ3n) is 5.45. The predicted molar refractivity (Wildman–Crippen MR) is 87.5 cm³/mol. The first-order valence-electron chi connectivity index (χ1n) is 8.65. The van der Waals surface area contributed by atoms with Gasteiger partial charge in [0.1, 0.15) is 0 Å². The molecule has 1 aromatic rings. The first kappa shape index (κ1) is 15.1. The second-order valence-electron chi connectivity index (χ2n) is 7.10. The Morgan fingerprint density at radius 1 is 1.24 bits per heavy atom. The number of rotatable bonds is 4. The van der Waals surface area contributed by atoms with Crippen molar-refractivity contribution in [3.8, 4) is 0 Å². The zero-order valence-corrected chi connectivity index (χ0v) is 13.3. The van der Waals surface area contributed by atoms with Crippen molar-refractivity contribution in [2.45, 2.75) is 75.9 Å². The van der Waals surface area contributed by atoms with E-state index in [2.05, 4.69) is 31.2 Å². The molecule has 0 amide bonds. The van der Waals surface area contributed by atoms with Crippen LogP contribution in [0.1, 0.15) is 68.4 Å². The van der Waals surface area contributed by atoms with E-state index in [1.807, 2.05) is 0 Å². The monoisotopic (exact) mass is 287 g/mol. The van der Waals surface area contributed by atoms with Crippen molar-refractivity contribution in [3.63, 3.8) is 0 Å². The Kier molecular flexibility index (Phi) is 4.66. The highest BCUT2D eigenvalue weighted by Gasteiger charge is 2.41. The average Bonchev–Trinajstić information content (AvgIpc) is 2.88. The van der Waals surface area contributed by atoms with E-state index >= 15 is 0 Å². The lowest BCUT2D eigenvalue weighted by molar-refractivity contribution is -0.0671. The van der Waals surface area contributed by atoms with E-state index in [1.54, 1.807) is 0 Å². The predicted octanol–water partition coefficient (Wildman–Crippen LogP) is 4.31. The summed E-state index contributed by atoms with van der Waals surface area (Å²) in [6.07, 6.45) is 10.6. The Hall–Kier alpha value is -0.860. The minimum atomic E-state index is 0.231. The van der Waals surface area contributed by atoms with Crippen LogP contribution in [0.15, 0.2) is 24.3 Å². The van der Waals surface area contributed by atoms with Crippen molar-refractivity contribution in [1.82, 2.24) is 0 Å². The van der Waals surface area contributed by atoms with Gasteiger partial charge in [-0.1, -0.05) is 49.1 Å². The fraction of sp³-hybridized carbons (Fsp3) is 0.684. The molecule has 2 unspecified atom stereocenters. The lowest BCUT2D eigenvalue weighted by Crippen LogP contribution is -2.32. The quantitative estimate of drug-likeness (QED) is 0.895. The Balaban J connectivity index is 1.63. The van der Waals surface area contributed by atoms with Gasteiger partial charge >= 0.3 is 0 Å². The summed E-state index contributed by atoms with van der Waals surface area (Å²) in [5.41, 5.74) is 8.98. The molecule has 1 heterocycles. The van der Waals surface area contributed by atoms with Gasteiger partial charge in [0.2, 0.25) is 0 Å². The fourth-order valence-electron chi connectivity index (χ4n) is 4.24. The first-order chi connectivity index (χ1) is 10.2. The molecule has 0 bridgehead atoms. The lowest BCUT2D eigenvalue weighted by Gasteiger charge is -2.33. The number of hydrogen-bond donors (Lipinski definition) is 1. The average molecular weight is 287 g/mol. The zero-order chi connectivity index (χ0) is 14.7. The summed E-state index contributed by atoms with van der Waals surface area (Å²) >= 11 is 0. The van der Waals surface area contributed by atoms with Gasteiger partial charge in [0.25, 0.3) is 0 Å². The summed E-state index contributed by atoms with van der Waals surface area (Å²) in [5, 5.41) is 0. The highest BCUT2D eigenvalue weighted by atomic mass is 16.5. The molecule has 3 rings (SSSR count). The molecule has 2 fully saturated rings. The molecule has 1 aliphatic heterocycles. The summed E-state index contributed by atoms with van der Waals surface area (Å²) in [6.45, 7) is 2.87. The van der Waals surface area contributed by atoms with Crippen molar-refractivity contribution in [2.75, 3.05) is 6.54 Å². The third-order valence-corrected chi connectivity index (χ3v) is 5.45. The van der Waals surface area contributed by atoms with Gasteiger partial charge in [-0.3, -0.25) is 0 Å². The highest BCUT2D eigenvalue weighted by Crippen LogP contribution is 2.43. The number of ether oxygens (including phenoxy) is 1. The minimum Gasteiger partial charge on any atom is -0.372 e. The molecule has 1 aliphatic carbocycles. The van der Waals surface area contributed by atoms with Gasteiger partial charge in [0.05, 0.1) is 11.7 Å². The van der Waals surface area contributed by atoms with Gasteiger partial charge < -0.3 is 10.5 Å². The van der Waals surface area contributed by atoms with Gasteiger partial charge in [-0.2, -0.15) is 0 Å².